The van der Waals surface area contributed by atoms with Crippen LogP contribution in [0.5, 0.6) is 0 Å². The lowest BCUT2D eigenvalue weighted by atomic mass is 10.1. The Bertz CT molecular complexity index is 673. The smallest absolute Gasteiger partial charge is 0.130 e. The summed E-state index contributed by atoms with van der Waals surface area (Å²) in [5.74, 6) is -0.994. The minimum Gasteiger partial charge on any atom is -0.296 e. The Morgan fingerprint density at radius 3 is 2.30 bits per heavy atom. The van der Waals surface area contributed by atoms with E-state index in [0.29, 0.717) is 12.1 Å². The van der Waals surface area contributed by atoms with E-state index in [4.69, 9.17) is 0 Å². The van der Waals surface area contributed by atoms with Gasteiger partial charge in [0.2, 0.25) is 0 Å². The van der Waals surface area contributed by atoms with E-state index in [1.165, 1.54) is 17.7 Å². The van der Waals surface area contributed by atoms with Crippen molar-refractivity contribution >= 4 is 15.9 Å². The van der Waals surface area contributed by atoms with Gasteiger partial charge in [-0.1, -0.05) is 6.07 Å². The van der Waals surface area contributed by atoms with Gasteiger partial charge >= 0.3 is 0 Å². The minimum absolute atomic E-state index is 0.465. The Labute approximate surface area is 143 Å². The van der Waals surface area contributed by atoms with Crippen LogP contribution in [0.25, 0.3) is 0 Å². The van der Waals surface area contributed by atoms with Gasteiger partial charge in [-0.15, -0.1) is 0 Å². The van der Waals surface area contributed by atoms with Crippen molar-refractivity contribution in [2.24, 2.45) is 0 Å². The van der Waals surface area contributed by atoms with Gasteiger partial charge in [0, 0.05) is 67.8 Å². The molecule has 0 N–H and O–H groups in total. The van der Waals surface area contributed by atoms with Gasteiger partial charge in [0.05, 0.1) is 0 Å². The van der Waals surface area contributed by atoms with Crippen LogP contribution in [0.1, 0.15) is 11.1 Å². The van der Waals surface area contributed by atoms with Gasteiger partial charge in [0.15, 0.2) is 0 Å². The molecule has 23 heavy (non-hydrogen) atoms. The fraction of sp³-hybridized carbons (Fsp3) is 0.353. The summed E-state index contributed by atoms with van der Waals surface area (Å²) < 4.78 is 27.6. The topological polar surface area (TPSA) is 19.4 Å². The quantitative estimate of drug-likeness (QED) is 0.808. The van der Waals surface area contributed by atoms with E-state index in [-0.39, 0.29) is 0 Å². The van der Waals surface area contributed by atoms with Crippen LogP contribution in [-0.4, -0.2) is 41.0 Å². The van der Waals surface area contributed by atoms with E-state index in [1.807, 2.05) is 6.20 Å². The molecule has 3 nitrogen and oxygen atoms in total. The highest BCUT2D eigenvalue weighted by Gasteiger charge is 2.18. The summed E-state index contributed by atoms with van der Waals surface area (Å²) in [6.07, 6.45) is 3.66. The van der Waals surface area contributed by atoms with Crippen LogP contribution < -0.4 is 0 Å². The molecular formula is C17H18BrF2N3. The lowest BCUT2D eigenvalue weighted by Crippen LogP contribution is -2.45. The number of benzene rings is 1. The van der Waals surface area contributed by atoms with E-state index < -0.39 is 11.6 Å². The average Bonchev–Trinajstić information content (AvgIpc) is 2.52. The first-order valence-electron chi connectivity index (χ1n) is 7.58. The number of hydrogen-bond acceptors (Lipinski definition) is 3. The molecule has 1 saturated heterocycles. The van der Waals surface area contributed by atoms with E-state index >= 15 is 0 Å². The van der Waals surface area contributed by atoms with Crippen LogP contribution in [0.15, 0.2) is 41.1 Å². The second-order valence-electron chi connectivity index (χ2n) is 5.80. The molecular weight excluding hydrogens is 364 g/mol. The van der Waals surface area contributed by atoms with E-state index in [1.54, 1.807) is 6.20 Å². The van der Waals surface area contributed by atoms with E-state index in [0.717, 1.165) is 43.3 Å². The second kappa shape index (κ2) is 7.47. The number of halogens is 3. The molecule has 1 aromatic heterocycles. The molecule has 1 fully saturated rings. The van der Waals surface area contributed by atoms with Gasteiger partial charge in [-0.2, -0.15) is 0 Å². The fourth-order valence-electron chi connectivity index (χ4n) is 2.80. The first-order chi connectivity index (χ1) is 11.1. The zero-order chi connectivity index (χ0) is 16.2. The maximum atomic E-state index is 13.7. The summed E-state index contributed by atoms with van der Waals surface area (Å²) in [6, 6.07) is 5.87. The third kappa shape index (κ3) is 4.56. The van der Waals surface area contributed by atoms with Gasteiger partial charge in [-0.25, -0.2) is 8.78 Å². The maximum absolute atomic E-state index is 13.7. The van der Waals surface area contributed by atoms with E-state index in [9.17, 15) is 8.78 Å². The molecule has 0 bridgehead atoms. The molecule has 0 amide bonds. The number of aromatic nitrogens is 1. The predicted octanol–water partition coefficient (Wildman–Crippen LogP) is 3.44. The number of rotatable bonds is 4. The van der Waals surface area contributed by atoms with Crippen molar-refractivity contribution in [1.29, 1.82) is 0 Å². The number of pyridine rings is 1. The van der Waals surface area contributed by atoms with Gasteiger partial charge in [-0.3, -0.25) is 14.8 Å². The van der Waals surface area contributed by atoms with Crippen LogP contribution in [0, 0.1) is 11.6 Å². The lowest BCUT2D eigenvalue weighted by molar-refractivity contribution is 0.121. The standard InChI is InChI=1S/C17H18BrF2N3/c18-15-7-13(9-21-10-15)11-22-3-5-23(6-4-22)12-14-1-2-16(19)8-17(14)20/h1-2,7-10H,3-6,11-12H2. The summed E-state index contributed by atoms with van der Waals surface area (Å²) in [6.45, 7) is 4.99. The van der Waals surface area contributed by atoms with Crippen molar-refractivity contribution in [1.82, 2.24) is 14.8 Å². The third-order valence-electron chi connectivity index (χ3n) is 4.04. The first kappa shape index (κ1) is 16.5. The van der Waals surface area contributed by atoms with Gasteiger partial charge in [0.1, 0.15) is 11.6 Å². The summed E-state index contributed by atoms with van der Waals surface area (Å²) in [5, 5.41) is 0. The molecule has 0 spiro atoms. The Morgan fingerprint density at radius 2 is 1.65 bits per heavy atom. The monoisotopic (exact) mass is 381 g/mol. The number of piperazine rings is 1. The third-order valence-corrected chi connectivity index (χ3v) is 4.48. The highest BCUT2D eigenvalue weighted by atomic mass is 79.9. The van der Waals surface area contributed by atoms with Crippen LogP contribution in [-0.2, 0) is 13.1 Å². The molecule has 1 aliphatic rings. The van der Waals surface area contributed by atoms with Crippen LogP contribution in [0.2, 0.25) is 0 Å². The Balaban J connectivity index is 1.52. The lowest BCUT2D eigenvalue weighted by Gasteiger charge is -2.34. The fourth-order valence-corrected chi connectivity index (χ4v) is 3.21. The first-order valence-corrected chi connectivity index (χ1v) is 8.37. The molecule has 6 heteroatoms. The van der Waals surface area contributed by atoms with Crippen molar-refractivity contribution in [3.63, 3.8) is 0 Å². The van der Waals surface area contributed by atoms with Crippen LogP contribution >= 0.6 is 15.9 Å². The molecule has 0 saturated carbocycles. The molecule has 1 aromatic carbocycles. The van der Waals surface area contributed by atoms with Crippen LogP contribution in [0.4, 0.5) is 8.78 Å². The average molecular weight is 382 g/mol. The summed E-state index contributed by atoms with van der Waals surface area (Å²) >= 11 is 3.43. The molecule has 3 rings (SSSR count). The molecule has 2 heterocycles. The Hall–Kier alpha value is -1.37. The van der Waals surface area contributed by atoms with Crippen molar-refractivity contribution in [3.8, 4) is 0 Å². The predicted molar refractivity (Wildman–Crippen MR) is 88.8 cm³/mol. The normalized spacial score (nSPS) is 16.7. The zero-order valence-corrected chi connectivity index (χ0v) is 14.3. The summed E-state index contributed by atoms with van der Waals surface area (Å²) in [5.41, 5.74) is 1.73. The van der Waals surface area contributed by atoms with Crippen molar-refractivity contribution in [2.75, 3.05) is 26.2 Å². The Kier molecular flexibility index (Phi) is 5.35. The molecule has 0 aliphatic carbocycles. The SMILES string of the molecule is Fc1ccc(CN2CCN(Cc3cncc(Br)c3)CC2)c(F)c1. The van der Waals surface area contributed by atoms with Gasteiger partial charge in [0.25, 0.3) is 0 Å². The number of nitrogens with zero attached hydrogens (tertiary/aromatic N) is 3. The summed E-state index contributed by atoms with van der Waals surface area (Å²) in [7, 11) is 0. The van der Waals surface area contributed by atoms with Crippen molar-refractivity contribution in [2.45, 2.75) is 13.1 Å². The zero-order valence-electron chi connectivity index (χ0n) is 12.7. The van der Waals surface area contributed by atoms with Crippen molar-refractivity contribution in [3.05, 3.63) is 63.9 Å². The van der Waals surface area contributed by atoms with Crippen LogP contribution in [0.3, 0.4) is 0 Å². The second-order valence-corrected chi connectivity index (χ2v) is 6.72. The van der Waals surface area contributed by atoms with Gasteiger partial charge in [-0.05, 0) is 33.6 Å². The van der Waals surface area contributed by atoms with Crippen molar-refractivity contribution < 1.29 is 8.78 Å². The summed E-state index contributed by atoms with van der Waals surface area (Å²) in [4.78, 5) is 8.74. The highest BCUT2D eigenvalue weighted by molar-refractivity contribution is 9.10. The van der Waals surface area contributed by atoms with E-state index in [2.05, 4.69) is 36.8 Å². The molecule has 0 atom stereocenters. The molecule has 2 aromatic rings. The molecule has 0 unspecified atom stereocenters. The van der Waals surface area contributed by atoms with Gasteiger partial charge < -0.3 is 0 Å². The number of hydrogen-bond donors (Lipinski definition) is 0. The Morgan fingerprint density at radius 1 is 0.957 bits per heavy atom. The molecule has 1 aliphatic heterocycles. The highest BCUT2D eigenvalue weighted by Crippen LogP contribution is 2.16. The minimum atomic E-state index is -0.529. The molecule has 0 radical (unpaired) electrons. The maximum Gasteiger partial charge on any atom is 0.130 e. The largest absolute Gasteiger partial charge is 0.296 e. The molecule has 122 valence electrons.